The Morgan fingerprint density at radius 3 is 2.71 bits per heavy atom. The van der Waals surface area contributed by atoms with Crippen molar-refractivity contribution in [3.8, 4) is 11.5 Å². The van der Waals surface area contributed by atoms with Crippen molar-refractivity contribution in [2.75, 3.05) is 24.7 Å². The molecule has 2 aromatic carbocycles. The highest BCUT2D eigenvalue weighted by atomic mass is 16.5. The number of amides is 3. The lowest BCUT2D eigenvalue weighted by Crippen LogP contribution is -2.49. The number of anilines is 1. The summed E-state index contributed by atoms with van der Waals surface area (Å²) in [5, 5.41) is 0. The lowest BCUT2D eigenvalue weighted by molar-refractivity contribution is -0.129. The lowest BCUT2D eigenvalue weighted by atomic mass is 10.2. The maximum absolute atomic E-state index is 12.1. The monoisotopic (exact) mass is 383 g/mol. The quantitative estimate of drug-likeness (QED) is 0.734. The molecule has 0 aliphatic carbocycles. The minimum Gasteiger partial charge on any atom is -0.493 e. The van der Waals surface area contributed by atoms with Crippen LogP contribution in [0.3, 0.4) is 0 Å². The van der Waals surface area contributed by atoms with E-state index < -0.39 is 11.8 Å². The first-order valence-electron chi connectivity index (χ1n) is 8.82. The van der Waals surface area contributed by atoms with E-state index in [2.05, 4.69) is 10.9 Å². The molecule has 0 aromatic heterocycles. The number of carbonyl (C=O) groups is 3. The summed E-state index contributed by atoms with van der Waals surface area (Å²) in [5.41, 5.74) is 6.21. The van der Waals surface area contributed by atoms with E-state index in [1.807, 2.05) is 31.2 Å². The first kappa shape index (κ1) is 19.2. The van der Waals surface area contributed by atoms with Crippen LogP contribution in [0.25, 0.3) is 0 Å². The summed E-state index contributed by atoms with van der Waals surface area (Å²) in [7, 11) is 0. The predicted octanol–water partition coefficient (Wildman–Crippen LogP) is 1.34. The van der Waals surface area contributed by atoms with Crippen LogP contribution in [0, 0.1) is 6.92 Å². The van der Waals surface area contributed by atoms with Crippen molar-refractivity contribution in [3.63, 3.8) is 0 Å². The van der Waals surface area contributed by atoms with Gasteiger partial charge < -0.3 is 9.47 Å². The van der Waals surface area contributed by atoms with Gasteiger partial charge in [-0.1, -0.05) is 24.3 Å². The molecule has 28 heavy (non-hydrogen) atoms. The second-order valence-electron chi connectivity index (χ2n) is 6.25. The zero-order valence-electron chi connectivity index (χ0n) is 15.4. The molecule has 1 aliphatic rings. The van der Waals surface area contributed by atoms with Crippen LogP contribution in [0.5, 0.6) is 11.5 Å². The fraction of sp³-hybridized carbons (Fsp3) is 0.250. The summed E-state index contributed by atoms with van der Waals surface area (Å²) in [6, 6.07) is 14.5. The summed E-state index contributed by atoms with van der Waals surface area (Å²) in [6.07, 6.45) is 0.0769. The van der Waals surface area contributed by atoms with Gasteiger partial charge in [0.25, 0.3) is 11.8 Å². The number of hydrogen-bond acceptors (Lipinski definition) is 5. The molecule has 0 spiro atoms. The molecule has 0 saturated heterocycles. The van der Waals surface area contributed by atoms with Gasteiger partial charge in [-0.2, -0.15) is 0 Å². The summed E-state index contributed by atoms with van der Waals surface area (Å²) in [5.74, 6) is -0.0204. The van der Waals surface area contributed by atoms with Gasteiger partial charge in [0.15, 0.2) is 6.61 Å². The molecular formula is C20H21N3O5. The maximum Gasteiger partial charge on any atom is 0.265 e. The molecule has 3 rings (SSSR count). The van der Waals surface area contributed by atoms with E-state index in [1.54, 1.807) is 24.3 Å². The lowest BCUT2D eigenvalue weighted by Gasteiger charge is -2.28. The van der Waals surface area contributed by atoms with Gasteiger partial charge >= 0.3 is 0 Å². The third-order valence-corrected chi connectivity index (χ3v) is 4.04. The Morgan fingerprint density at radius 1 is 1.11 bits per heavy atom. The maximum atomic E-state index is 12.1. The highest BCUT2D eigenvalue weighted by molar-refractivity contribution is 6.02. The number of aryl methyl sites for hydroxylation is 1. The number of benzene rings is 2. The van der Waals surface area contributed by atoms with Gasteiger partial charge in [0, 0.05) is 0 Å². The molecule has 146 valence electrons. The van der Waals surface area contributed by atoms with Crippen LogP contribution in [-0.4, -0.2) is 37.5 Å². The Kier molecular flexibility index (Phi) is 6.11. The number of para-hydroxylation sites is 2. The van der Waals surface area contributed by atoms with Gasteiger partial charge in [0.1, 0.15) is 18.0 Å². The van der Waals surface area contributed by atoms with E-state index in [-0.39, 0.29) is 32.1 Å². The van der Waals surface area contributed by atoms with Gasteiger partial charge in [-0.3, -0.25) is 30.1 Å². The molecule has 2 aromatic rings. The van der Waals surface area contributed by atoms with Crippen molar-refractivity contribution in [2.24, 2.45) is 0 Å². The van der Waals surface area contributed by atoms with Crippen molar-refractivity contribution < 1.29 is 23.9 Å². The van der Waals surface area contributed by atoms with Crippen LogP contribution >= 0.6 is 0 Å². The first-order chi connectivity index (χ1) is 13.5. The fourth-order valence-electron chi connectivity index (χ4n) is 2.68. The third-order valence-electron chi connectivity index (χ3n) is 4.04. The standard InChI is InChI=1S/C20H21N3O5/c1-14-5-4-6-15(11-14)27-10-9-18(24)21-22-19(25)12-23-16-7-2-3-8-17(16)28-13-20(23)26/h2-8,11H,9-10,12-13H2,1H3,(H,21,24)(H,22,25). The first-order valence-corrected chi connectivity index (χ1v) is 8.82. The van der Waals surface area contributed by atoms with E-state index in [1.165, 1.54) is 4.90 Å². The number of ether oxygens (including phenoxy) is 2. The highest BCUT2D eigenvalue weighted by Gasteiger charge is 2.26. The zero-order chi connectivity index (χ0) is 19.9. The number of nitrogens with one attached hydrogen (secondary N) is 2. The Morgan fingerprint density at radius 2 is 1.89 bits per heavy atom. The van der Waals surface area contributed by atoms with Crippen molar-refractivity contribution in [2.45, 2.75) is 13.3 Å². The zero-order valence-corrected chi connectivity index (χ0v) is 15.4. The van der Waals surface area contributed by atoms with Crippen molar-refractivity contribution in [3.05, 3.63) is 54.1 Å². The van der Waals surface area contributed by atoms with Crippen LogP contribution < -0.4 is 25.2 Å². The number of hydrazine groups is 1. The third kappa shape index (κ3) is 5.00. The summed E-state index contributed by atoms with van der Waals surface area (Å²) < 4.78 is 10.8. The van der Waals surface area contributed by atoms with Crippen LogP contribution in [-0.2, 0) is 14.4 Å². The smallest absolute Gasteiger partial charge is 0.265 e. The second kappa shape index (κ2) is 8.90. The molecule has 1 heterocycles. The van der Waals surface area contributed by atoms with Crippen LogP contribution in [0.4, 0.5) is 5.69 Å². The number of fused-ring (bicyclic) bond motifs is 1. The average molecular weight is 383 g/mol. The average Bonchev–Trinajstić information content (AvgIpc) is 2.69. The fourth-order valence-corrected chi connectivity index (χ4v) is 2.68. The van der Waals surface area contributed by atoms with Gasteiger partial charge in [-0.05, 0) is 36.8 Å². The van der Waals surface area contributed by atoms with Crippen LogP contribution in [0.15, 0.2) is 48.5 Å². The number of nitrogens with zero attached hydrogens (tertiary/aromatic N) is 1. The van der Waals surface area contributed by atoms with Crippen LogP contribution in [0.2, 0.25) is 0 Å². The van der Waals surface area contributed by atoms with Gasteiger partial charge in [0.05, 0.1) is 18.7 Å². The molecule has 0 saturated carbocycles. The van der Waals surface area contributed by atoms with Gasteiger partial charge in [0.2, 0.25) is 5.91 Å². The van der Waals surface area contributed by atoms with E-state index in [9.17, 15) is 14.4 Å². The molecule has 0 bridgehead atoms. The Bertz CT molecular complexity index is 884. The Labute approximate surface area is 162 Å². The minimum atomic E-state index is -0.516. The minimum absolute atomic E-state index is 0.0769. The molecule has 0 atom stereocenters. The van der Waals surface area contributed by atoms with Crippen molar-refractivity contribution >= 4 is 23.4 Å². The molecule has 0 unspecified atom stereocenters. The molecular weight excluding hydrogens is 362 g/mol. The van der Waals surface area contributed by atoms with E-state index in [4.69, 9.17) is 9.47 Å². The summed E-state index contributed by atoms with van der Waals surface area (Å²) >= 11 is 0. The number of carbonyl (C=O) groups excluding carboxylic acids is 3. The summed E-state index contributed by atoms with van der Waals surface area (Å²) in [6.45, 7) is 1.78. The molecule has 1 aliphatic heterocycles. The Hall–Kier alpha value is -3.55. The largest absolute Gasteiger partial charge is 0.493 e. The summed E-state index contributed by atoms with van der Waals surface area (Å²) in [4.78, 5) is 37.3. The van der Waals surface area contributed by atoms with E-state index >= 15 is 0 Å². The number of rotatable bonds is 6. The molecule has 3 amide bonds. The molecule has 8 nitrogen and oxygen atoms in total. The van der Waals surface area contributed by atoms with Crippen molar-refractivity contribution in [1.82, 2.24) is 10.9 Å². The molecule has 8 heteroatoms. The van der Waals surface area contributed by atoms with E-state index in [0.717, 1.165) is 5.56 Å². The highest BCUT2D eigenvalue weighted by Crippen LogP contribution is 2.31. The normalized spacial score (nSPS) is 12.6. The molecule has 0 fully saturated rings. The number of hydrogen-bond donors (Lipinski definition) is 2. The predicted molar refractivity (Wildman–Crippen MR) is 102 cm³/mol. The van der Waals surface area contributed by atoms with Crippen LogP contribution in [0.1, 0.15) is 12.0 Å². The SMILES string of the molecule is Cc1cccc(OCCC(=O)NNC(=O)CN2C(=O)COc3ccccc32)c1. The second-order valence-corrected chi connectivity index (χ2v) is 6.25. The Balaban J connectivity index is 1.43. The van der Waals surface area contributed by atoms with Gasteiger partial charge in [-0.25, -0.2) is 0 Å². The van der Waals surface area contributed by atoms with E-state index in [0.29, 0.717) is 17.2 Å². The topological polar surface area (TPSA) is 97.0 Å². The van der Waals surface area contributed by atoms with Crippen molar-refractivity contribution in [1.29, 1.82) is 0 Å². The van der Waals surface area contributed by atoms with Gasteiger partial charge in [-0.15, -0.1) is 0 Å². The molecule has 2 N–H and O–H groups in total. The molecule has 0 radical (unpaired) electrons.